The third-order valence-electron chi connectivity index (χ3n) is 2.79. The number of rotatable bonds is 4. The Labute approximate surface area is 106 Å². The quantitative estimate of drug-likeness (QED) is 0.416. The van der Waals surface area contributed by atoms with E-state index in [4.69, 9.17) is 10.6 Å². The Morgan fingerprint density at radius 3 is 2.84 bits per heavy atom. The molecule has 1 aliphatic rings. The van der Waals surface area contributed by atoms with Crippen LogP contribution < -0.4 is 16.4 Å². The highest BCUT2D eigenvalue weighted by Crippen LogP contribution is 2.28. The standard InChI is InChI=1S/C9H12N4O6/c10-19-5-1-2-13(9(16)12-5)8-7(15)6(14)4(18-8)3-11-17/h1-2,4,6-8,14-15H,3,10H2/t4?,6-,7?,8?/m0/s1. The molecule has 104 valence electrons. The van der Waals surface area contributed by atoms with Crippen molar-refractivity contribution in [2.75, 3.05) is 6.54 Å². The summed E-state index contributed by atoms with van der Waals surface area (Å²) in [6.45, 7) is -0.332. The van der Waals surface area contributed by atoms with Gasteiger partial charge in [-0.15, -0.1) is 0 Å². The number of aliphatic hydroxyl groups is 2. The van der Waals surface area contributed by atoms with Crippen molar-refractivity contribution in [1.82, 2.24) is 9.55 Å². The van der Waals surface area contributed by atoms with Gasteiger partial charge in [-0.25, -0.2) is 4.79 Å². The lowest BCUT2D eigenvalue weighted by atomic mass is 10.1. The van der Waals surface area contributed by atoms with E-state index in [1.54, 1.807) is 0 Å². The average Bonchev–Trinajstić information content (AvgIpc) is 2.67. The van der Waals surface area contributed by atoms with Crippen LogP contribution in [0.4, 0.5) is 0 Å². The van der Waals surface area contributed by atoms with Crippen molar-refractivity contribution in [3.05, 3.63) is 27.7 Å². The van der Waals surface area contributed by atoms with Gasteiger partial charge in [0, 0.05) is 12.3 Å². The van der Waals surface area contributed by atoms with E-state index in [0.717, 1.165) is 4.57 Å². The topological polar surface area (TPSA) is 149 Å². The molecule has 2 rings (SSSR count). The molecular weight excluding hydrogens is 260 g/mol. The lowest BCUT2D eigenvalue weighted by Gasteiger charge is -2.16. The minimum absolute atomic E-state index is 0.0969. The number of hydrogen-bond donors (Lipinski definition) is 3. The van der Waals surface area contributed by atoms with E-state index in [2.05, 4.69) is 15.0 Å². The highest BCUT2D eigenvalue weighted by atomic mass is 16.6. The van der Waals surface area contributed by atoms with E-state index < -0.39 is 30.2 Å². The normalized spacial score (nSPS) is 30.3. The Morgan fingerprint density at radius 2 is 2.26 bits per heavy atom. The molecule has 0 amide bonds. The summed E-state index contributed by atoms with van der Waals surface area (Å²) in [5.74, 6) is 4.76. The highest BCUT2D eigenvalue weighted by Gasteiger charge is 2.44. The molecule has 10 nitrogen and oxygen atoms in total. The summed E-state index contributed by atoms with van der Waals surface area (Å²) in [4.78, 5) is 29.6. The Kier molecular flexibility index (Phi) is 3.85. The zero-order chi connectivity index (χ0) is 14.0. The van der Waals surface area contributed by atoms with Crippen LogP contribution in [0.3, 0.4) is 0 Å². The van der Waals surface area contributed by atoms with Gasteiger partial charge in [-0.2, -0.15) is 15.8 Å². The largest absolute Gasteiger partial charge is 0.391 e. The van der Waals surface area contributed by atoms with E-state index in [1.807, 2.05) is 0 Å². The van der Waals surface area contributed by atoms with E-state index >= 15 is 0 Å². The third kappa shape index (κ3) is 2.46. The number of hydrogen-bond acceptors (Lipinski definition) is 9. The van der Waals surface area contributed by atoms with Gasteiger partial charge in [-0.1, -0.05) is 5.18 Å². The van der Waals surface area contributed by atoms with Crippen LogP contribution in [0.15, 0.2) is 22.2 Å². The van der Waals surface area contributed by atoms with Crippen molar-refractivity contribution in [3.63, 3.8) is 0 Å². The van der Waals surface area contributed by atoms with Gasteiger partial charge >= 0.3 is 5.69 Å². The molecule has 3 unspecified atom stereocenters. The molecule has 1 aliphatic heterocycles. The summed E-state index contributed by atoms with van der Waals surface area (Å²) in [5, 5.41) is 22.0. The SMILES string of the molecule is NOc1ccn(C2OC(CN=O)[C@H](O)C2O)c(=O)n1. The van der Waals surface area contributed by atoms with E-state index in [1.165, 1.54) is 12.3 Å². The number of nitrogens with two attached hydrogens (primary N) is 1. The monoisotopic (exact) mass is 272 g/mol. The van der Waals surface area contributed by atoms with E-state index in [0.29, 0.717) is 0 Å². The molecule has 0 spiro atoms. The number of aliphatic hydroxyl groups excluding tert-OH is 2. The first kappa shape index (κ1) is 13.5. The third-order valence-corrected chi connectivity index (χ3v) is 2.79. The molecular formula is C9H12N4O6. The van der Waals surface area contributed by atoms with Crippen molar-refractivity contribution in [3.8, 4) is 5.88 Å². The second-order valence-electron chi connectivity index (χ2n) is 3.93. The van der Waals surface area contributed by atoms with E-state index in [-0.39, 0.29) is 12.4 Å². The maximum Gasteiger partial charge on any atom is 0.353 e. The molecule has 0 aliphatic carbocycles. The summed E-state index contributed by atoms with van der Waals surface area (Å²) in [6.07, 6.45) is -3.59. The molecule has 10 heteroatoms. The summed E-state index contributed by atoms with van der Waals surface area (Å²) < 4.78 is 6.18. The Balaban J connectivity index is 2.27. The van der Waals surface area contributed by atoms with Gasteiger partial charge < -0.3 is 19.8 Å². The zero-order valence-electron chi connectivity index (χ0n) is 9.62. The first-order valence-corrected chi connectivity index (χ1v) is 5.35. The van der Waals surface area contributed by atoms with Crippen LogP contribution in [0, 0.1) is 4.91 Å². The molecule has 1 aromatic rings. The number of nitrogens with zero attached hydrogens (tertiary/aromatic N) is 3. The lowest BCUT2D eigenvalue weighted by molar-refractivity contribution is -0.0373. The van der Waals surface area contributed by atoms with Gasteiger partial charge in [-0.3, -0.25) is 4.57 Å². The average molecular weight is 272 g/mol. The molecule has 0 bridgehead atoms. The predicted molar refractivity (Wildman–Crippen MR) is 59.9 cm³/mol. The number of ether oxygens (including phenoxy) is 1. The molecule has 0 aromatic carbocycles. The summed E-state index contributed by atoms with van der Waals surface area (Å²) >= 11 is 0. The fourth-order valence-electron chi connectivity index (χ4n) is 1.84. The van der Waals surface area contributed by atoms with Crippen molar-refractivity contribution in [1.29, 1.82) is 0 Å². The molecule has 1 saturated heterocycles. The maximum absolute atomic E-state index is 11.7. The minimum Gasteiger partial charge on any atom is -0.391 e. The number of nitroso groups, excluding NO2 is 1. The lowest BCUT2D eigenvalue weighted by Crippen LogP contribution is -2.35. The predicted octanol–water partition coefficient (Wildman–Crippen LogP) is -2.12. The van der Waals surface area contributed by atoms with Crippen LogP contribution in [0.2, 0.25) is 0 Å². The number of aromatic nitrogens is 2. The Bertz CT molecular complexity index is 520. The molecule has 0 saturated carbocycles. The second kappa shape index (κ2) is 5.40. The first-order chi connectivity index (χ1) is 9.08. The molecule has 2 heterocycles. The van der Waals surface area contributed by atoms with Gasteiger partial charge in [0.2, 0.25) is 5.88 Å². The van der Waals surface area contributed by atoms with Gasteiger partial charge in [0.25, 0.3) is 0 Å². The molecule has 19 heavy (non-hydrogen) atoms. The van der Waals surface area contributed by atoms with Crippen LogP contribution in [0.25, 0.3) is 0 Å². The van der Waals surface area contributed by atoms with Gasteiger partial charge in [0.05, 0.1) is 0 Å². The Hall–Kier alpha value is -1.88. The molecule has 0 radical (unpaired) electrons. The van der Waals surface area contributed by atoms with Crippen LogP contribution in [0.1, 0.15) is 6.23 Å². The van der Waals surface area contributed by atoms with Gasteiger partial charge in [0.15, 0.2) is 6.23 Å². The van der Waals surface area contributed by atoms with Gasteiger partial charge in [-0.05, 0) is 0 Å². The Morgan fingerprint density at radius 1 is 1.53 bits per heavy atom. The second-order valence-corrected chi connectivity index (χ2v) is 3.93. The van der Waals surface area contributed by atoms with Crippen molar-refractivity contribution >= 4 is 0 Å². The molecule has 4 N–H and O–H groups in total. The fraction of sp³-hybridized carbons (Fsp3) is 0.556. The molecule has 4 atom stereocenters. The van der Waals surface area contributed by atoms with Crippen molar-refractivity contribution in [2.24, 2.45) is 11.1 Å². The molecule has 1 fully saturated rings. The smallest absolute Gasteiger partial charge is 0.353 e. The van der Waals surface area contributed by atoms with Crippen LogP contribution in [-0.4, -0.2) is 44.6 Å². The zero-order valence-corrected chi connectivity index (χ0v) is 9.62. The molecule has 1 aromatic heterocycles. The van der Waals surface area contributed by atoms with Gasteiger partial charge in [0.1, 0.15) is 24.9 Å². The summed E-state index contributed by atoms with van der Waals surface area (Å²) in [7, 11) is 0. The van der Waals surface area contributed by atoms with Crippen molar-refractivity contribution in [2.45, 2.75) is 24.5 Å². The highest BCUT2D eigenvalue weighted by molar-refractivity contribution is 5.06. The van der Waals surface area contributed by atoms with Crippen molar-refractivity contribution < 1.29 is 19.8 Å². The summed E-state index contributed by atoms with van der Waals surface area (Å²) in [6, 6.07) is 1.29. The fourth-order valence-corrected chi connectivity index (χ4v) is 1.84. The minimum atomic E-state index is -1.38. The first-order valence-electron chi connectivity index (χ1n) is 5.35. The van der Waals surface area contributed by atoms with Crippen LogP contribution >= 0.6 is 0 Å². The maximum atomic E-state index is 11.7. The van der Waals surface area contributed by atoms with Crippen LogP contribution in [0.5, 0.6) is 5.88 Å². The summed E-state index contributed by atoms with van der Waals surface area (Å²) in [5.41, 5.74) is -0.779. The van der Waals surface area contributed by atoms with Crippen LogP contribution in [-0.2, 0) is 4.74 Å². The van der Waals surface area contributed by atoms with E-state index in [9.17, 15) is 19.9 Å².